The van der Waals surface area contributed by atoms with Crippen molar-refractivity contribution in [2.24, 2.45) is 0 Å². The largest absolute Gasteiger partial charge is 0.480 e. The highest BCUT2D eigenvalue weighted by atomic mass is 16.5. The number of hydrogen-bond acceptors (Lipinski definition) is 3. The summed E-state index contributed by atoms with van der Waals surface area (Å²) in [5.41, 5.74) is 0. The number of urea groups is 1. The minimum Gasteiger partial charge on any atom is -0.480 e. The molecule has 6 nitrogen and oxygen atoms in total. The summed E-state index contributed by atoms with van der Waals surface area (Å²) in [5, 5.41) is 13.0. The molecule has 0 saturated heterocycles. The molecule has 0 aromatic carbocycles. The molecule has 0 rings (SSSR count). The zero-order chi connectivity index (χ0) is 10.8. The second kappa shape index (κ2) is 8.31. The number of methoxy groups -OCH3 is 1. The van der Waals surface area contributed by atoms with Crippen LogP contribution in [0.3, 0.4) is 0 Å². The van der Waals surface area contributed by atoms with Crippen LogP contribution in [0.5, 0.6) is 0 Å². The summed E-state index contributed by atoms with van der Waals surface area (Å²) in [4.78, 5) is 20.9. The molecule has 0 fully saturated rings. The van der Waals surface area contributed by atoms with Crippen molar-refractivity contribution < 1.29 is 19.4 Å². The molecule has 0 spiro atoms. The van der Waals surface area contributed by atoms with E-state index in [-0.39, 0.29) is 6.54 Å². The SMILES string of the molecule is COCCCCNC(=O)NCC(=O)O. The van der Waals surface area contributed by atoms with Gasteiger partial charge in [0.05, 0.1) is 0 Å². The number of carbonyl (C=O) groups excluding carboxylic acids is 1. The molecule has 0 bridgehead atoms. The zero-order valence-electron chi connectivity index (χ0n) is 8.21. The third kappa shape index (κ3) is 8.79. The van der Waals surface area contributed by atoms with Gasteiger partial charge < -0.3 is 20.5 Å². The minimum absolute atomic E-state index is 0.357. The monoisotopic (exact) mass is 204 g/mol. The lowest BCUT2D eigenvalue weighted by atomic mass is 10.3. The fraction of sp³-hybridized carbons (Fsp3) is 0.750. The van der Waals surface area contributed by atoms with Crippen LogP contribution in [0.15, 0.2) is 0 Å². The van der Waals surface area contributed by atoms with Gasteiger partial charge in [-0.2, -0.15) is 0 Å². The van der Waals surface area contributed by atoms with Crippen LogP contribution in [0.1, 0.15) is 12.8 Å². The Kier molecular flexibility index (Phi) is 7.53. The second-order valence-electron chi connectivity index (χ2n) is 2.70. The van der Waals surface area contributed by atoms with E-state index in [9.17, 15) is 9.59 Å². The van der Waals surface area contributed by atoms with Gasteiger partial charge in [0.2, 0.25) is 0 Å². The van der Waals surface area contributed by atoms with Crippen LogP contribution in [0.25, 0.3) is 0 Å². The standard InChI is InChI=1S/C8H16N2O4/c1-14-5-3-2-4-9-8(13)10-6-7(11)12/h2-6H2,1H3,(H,11,12)(H2,9,10,13). The average Bonchev–Trinajstić information content (AvgIpc) is 2.14. The van der Waals surface area contributed by atoms with Gasteiger partial charge in [-0.1, -0.05) is 0 Å². The number of ether oxygens (including phenoxy) is 1. The van der Waals surface area contributed by atoms with Crippen molar-refractivity contribution in [3.8, 4) is 0 Å². The van der Waals surface area contributed by atoms with Crippen molar-refractivity contribution in [3.05, 3.63) is 0 Å². The van der Waals surface area contributed by atoms with Crippen LogP contribution in [-0.4, -0.2) is 43.9 Å². The van der Waals surface area contributed by atoms with E-state index in [1.165, 1.54) is 0 Å². The van der Waals surface area contributed by atoms with Gasteiger partial charge in [-0.25, -0.2) is 4.79 Å². The summed E-state index contributed by atoms with van der Waals surface area (Å²) in [6.45, 7) is 0.830. The average molecular weight is 204 g/mol. The van der Waals surface area contributed by atoms with Crippen LogP contribution in [-0.2, 0) is 9.53 Å². The summed E-state index contributed by atoms with van der Waals surface area (Å²) in [6, 6.07) is -0.454. The fourth-order valence-corrected chi connectivity index (χ4v) is 0.792. The van der Waals surface area contributed by atoms with Gasteiger partial charge in [-0.3, -0.25) is 4.79 Å². The van der Waals surface area contributed by atoms with Crippen molar-refractivity contribution in [3.63, 3.8) is 0 Å². The first-order valence-corrected chi connectivity index (χ1v) is 4.39. The lowest BCUT2D eigenvalue weighted by Gasteiger charge is -2.05. The highest BCUT2D eigenvalue weighted by Crippen LogP contribution is 1.86. The van der Waals surface area contributed by atoms with Gasteiger partial charge in [0.25, 0.3) is 0 Å². The minimum atomic E-state index is -1.06. The Morgan fingerprint density at radius 1 is 1.29 bits per heavy atom. The van der Waals surface area contributed by atoms with E-state index in [0.29, 0.717) is 13.2 Å². The Hall–Kier alpha value is -1.30. The predicted octanol–water partition coefficient (Wildman–Crippen LogP) is -0.203. The quantitative estimate of drug-likeness (QED) is 0.501. The normalized spacial score (nSPS) is 9.50. The van der Waals surface area contributed by atoms with Crippen molar-refractivity contribution in [1.82, 2.24) is 10.6 Å². The fourth-order valence-electron chi connectivity index (χ4n) is 0.792. The van der Waals surface area contributed by atoms with E-state index in [1.54, 1.807) is 7.11 Å². The topological polar surface area (TPSA) is 87.7 Å². The van der Waals surface area contributed by atoms with Crippen molar-refractivity contribution in [2.75, 3.05) is 26.8 Å². The maximum absolute atomic E-state index is 10.9. The third-order valence-corrected chi connectivity index (χ3v) is 1.46. The molecule has 0 aromatic heterocycles. The van der Waals surface area contributed by atoms with Gasteiger partial charge in [0.1, 0.15) is 6.54 Å². The number of carboxylic acid groups (broad SMARTS) is 1. The Morgan fingerprint density at radius 3 is 2.57 bits per heavy atom. The number of amides is 2. The highest BCUT2D eigenvalue weighted by Gasteiger charge is 2.01. The Bertz CT molecular complexity index is 184. The van der Waals surface area contributed by atoms with Gasteiger partial charge >= 0.3 is 12.0 Å². The summed E-state index contributed by atoms with van der Waals surface area (Å²) in [6.07, 6.45) is 1.68. The molecule has 0 heterocycles. The number of hydrogen-bond donors (Lipinski definition) is 3. The Balaban J connectivity index is 3.22. The molecule has 2 amide bonds. The number of carbonyl (C=O) groups is 2. The lowest BCUT2D eigenvalue weighted by Crippen LogP contribution is -2.38. The van der Waals surface area contributed by atoms with E-state index < -0.39 is 12.0 Å². The molecule has 0 saturated carbocycles. The van der Waals surface area contributed by atoms with Crippen molar-refractivity contribution in [1.29, 1.82) is 0 Å². The zero-order valence-corrected chi connectivity index (χ0v) is 8.21. The molecule has 0 aliphatic carbocycles. The highest BCUT2D eigenvalue weighted by molar-refractivity contribution is 5.79. The summed E-state index contributed by atoms with van der Waals surface area (Å²) < 4.78 is 4.82. The Morgan fingerprint density at radius 2 is 2.00 bits per heavy atom. The van der Waals surface area contributed by atoms with Crippen LogP contribution in [0.4, 0.5) is 4.79 Å². The number of nitrogens with one attached hydrogen (secondary N) is 2. The molecular weight excluding hydrogens is 188 g/mol. The second-order valence-corrected chi connectivity index (χ2v) is 2.70. The van der Waals surface area contributed by atoms with E-state index in [1.807, 2.05) is 0 Å². The molecule has 3 N–H and O–H groups in total. The van der Waals surface area contributed by atoms with Crippen molar-refractivity contribution in [2.45, 2.75) is 12.8 Å². The maximum atomic E-state index is 10.9. The number of aliphatic carboxylic acids is 1. The van der Waals surface area contributed by atoms with Crippen LogP contribution in [0.2, 0.25) is 0 Å². The first-order chi connectivity index (χ1) is 6.66. The molecule has 14 heavy (non-hydrogen) atoms. The van der Waals surface area contributed by atoms with E-state index in [2.05, 4.69) is 10.6 Å². The molecular formula is C8H16N2O4. The first kappa shape index (κ1) is 12.7. The molecule has 0 atom stereocenters. The van der Waals surface area contributed by atoms with Gasteiger partial charge in [0.15, 0.2) is 0 Å². The van der Waals surface area contributed by atoms with E-state index >= 15 is 0 Å². The van der Waals surface area contributed by atoms with Gasteiger partial charge in [0, 0.05) is 20.3 Å². The predicted molar refractivity (Wildman–Crippen MR) is 50.1 cm³/mol. The van der Waals surface area contributed by atoms with E-state index in [4.69, 9.17) is 9.84 Å². The summed E-state index contributed by atoms with van der Waals surface area (Å²) in [7, 11) is 1.62. The smallest absolute Gasteiger partial charge is 0.323 e. The molecule has 82 valence electrons. The lowest BCUT2D eigenvalue weighted by molar-refractivity contribution is -0.135. The number of unbranched alkanes of at least 4 members (excludes halogenated alkanes) is 1. The molecule has 6 heteroatoms. The molecule has 0 unspecified atom stereocenters. The summed E-state index contributed by atoms with van der Waals surface area (Å²) >= 11 is 0. The number of rotatable bonds is 7. The molecule has 0 aromatic rings. The third-order valence-electron chi connectivity index (χ3n) is 1.46. The first-order valence-electron chi connectivity index (χ1n) is 4.39. The Labute approximate surface area is 82.6 Å². The van der Waals surface area contributed by atoms with E-state index in [0.717, 1.165) is 12.8 Å². The maximum Gasteiger partial charge on any atom is 0.323 e. The van der Waals surface area contributed by atoms with Crippen LogP contribution < -0.4 is 10.6 Å². The van der Waals surface area contributed by atoms with Crippen LogP contribution in [0, 0.1) is 0 Å². The van der Waals surface area contributed by atoms with Crippen LogP contribution >= 0.6 is 0 Å². The molecule has 0 aliphatic heterocycles. The van der Waals surface area contributed by atoms with Gasteiger partial charge in [-0.15, -0.1) is 0 Å². The molecule has 0 aliphatic rings. The van der Waals surface area contributed by atoms with Crippen molar-refractivity contribution >= 4 is 12.0 Å². The van der Waals surface area contributed by atoms with Gasteiger partial charge in [-0.05, 0) is 12.8 Å². The summed E-state index contributed by atoms with van der Waals surface area (Å²) in [5.74, 6) is -1.06. The number of carboxylic acids is 1. The molecule has 0 radical (unpaired) electrons.